The van der Waals surface area contributed by atoms with Gasteiger partial charge in [-0.05, 0) is 51.4 Å². The zero-order chi connectivity index (χ0) is 17.8. The minimum Gasteiger partial charge on any atom is -0.339 e. The van der Waals surface area contributed by atoms with Gasteiger partial charge in [0.25, 0.3) is 0 Å². The molecule has 0 bridgehead atoms. The smallest absolute Gasteiger partial charge is 0.183 e. The van der Waals surface area contributed by atoms with Crippen LogP contribution in [0.1, 0.15) is 11.5 Å². The first-order valence-corrected chi connectivity index (χ1v) is 9.06. The van der Waals surface area contributed by atoms with E-state index in [1.807, 2.05) is 17.7 Å². The number of hydrogen-bond acceptors (Lipinski definition) is 6. The molecule has 2 heterocycles. The van der Waals surface area contributed by atoms with Crippen molar-refractivity contribution in [3.8, 4) is 0 Å². The van der Waals surface area contributed by atoms with Gasteiger partial charge in [0.2, 0.25) is 0 Å². The topological polar surface area (TPSA) is 92.6 Å². The van der Waals surface area contributed by atoms with Crippen molar-refractivity contribution in [1.82, 2.24) is 19.9 Å². The van der Waals surface area contributed by atoms with Gasteiger partial charge in [0, 0.05) is 30.4 Å². The Labute approximate surface area is 155 Å². The van der Waals surface area contributed by atoms with E-state index in [9.17, 15) is 4.39 Å². The van der Waals surface area contributed by atoms with Gasteiger partial charge in [-0.1, -0.05) is 11.8 Å². The molecule has 10 heteroatoms. The van der Waals surface area contributed by atoms with Crippen molar-refractivity contribution < 1.29 is 9.02 Å². The maximum Gasteiger partial charge on any atom is 0.183 e. The van der Waals surface area contributed by atoms with Gasteiger partial charge >= 0.3 is 0 Å². The number of anilines is 1. The highest BCUT2D eigenvalue weighted by atomic mass is 79.9. The van der Waals surface area contributed by atoms with Crippen molar-refractivity contribution in [2.75, 3.05) is 11.1 Å². The molecule has 0 spiro atoms. The van der Waals surface area contributed by atoms with Crippen LogP contribution < -0.4 is 5.32 Å². The van der Waals surface area contributed by atoms with Crippen molar-refractivity contribution in [3.05, 3.63) is 52.4 Å². The van der Waals surface area contributed by atoms with Crippen LogP contribution in [-0.2, 0) is 6.54 Å². The fourth-order valence-corrected chi connectivity index (χ4v) is 3.31. The Morgan fingerprint density at radius 3 is 3.00 bits per heavy atom. The summed E-state index contributed by atoms with van der Waals surface area (Å²) in [5.74, 6) is 1.33. The molecule has 25 heavy (non-hydrogen) atoms. The van der Waals surface area contributed by atoms with Crippen LogP contribution in [0.2, 0.25) is 0 Å². The molecule has 2 N–H and O–H groups in total. The lowest BCUT2D eigenvalue weighted by molar-refractivity contribution is 0.298. The molecule has 0 aliphatic carbocycles. The van der Waals surface area contributed by atoms with E-state index in [0.717, 1.165) is 18.1 Å². The van der Waals surface area contributed by atoms with E-state index in [-0.39, 0.29) is 11.7 Å². The van der Waals surface area contributed by atoms with Crippen LogP contribution in [0.3, 0.4) is 0 Å². The van der Waals surface area contributed by atoms with E-state index in [0.29, 0.717) is 20.9 Å². The third kappa shape index (κ3) is 4.26. The van der Waals surface area contributed by atoms with E-state index < -0.39 is 0 Å². The predicted molar refractivity (Wildman–Crippen MR) is 96.5 cm³/mol. The largest absolute Gasteiger partial charge is 0.339 e. The number of nitrogens with zero attached hydrogens (tertiary/aromatic N) is 4. The Kier molecular flexibility index (Phi) is 5.49. The van der Waals surface area contributed by atoms with E-state index in [4.69, 9.17) is 10.0 Å². The second-order valence-electron chi connectivity index (χ2n) is 5.06. The first-order chi connectivity index (χ1) is 12.0. The summed E-state index contributed by atoms with van der Waals surface area (Å²) in [6.07, 6.45) is 3.66. The van der Waals surface area contributed by atoms with Crippen LogP contribution in [0.5, 0.6) is 0 Å². The molecule has 130 valence electrons. The summed E-state index contributed by atoms with van der Waals surface area (Å²) < 4.78 is 20.4. The van der Waals surface area contributed by atoms with Crippen LogP contribution >= 0.6 is 27.7 Å². The highest BCUT2D eigenvalue weighted by Crippen LogP contribution is 2.23. The Bertz CT molecular complexity index is 896. The Morgan fingerprint density at radius 1 is 1.44 bits per heavy atom. The maximum absolute atomic E-state index is 13.3. The fraction of sp³-hybridized carbons (Fsp3) is 0.200. The summed E-state index contributed by atoms with van der Waals surface area (Å²) in [4.78, 5) is 4.17. The molecule has 0 atom stereocenters. The van der Waals surface area contributed by atoms with E-state index >= 15 is 0 Å². The standard InChI is InChI=1S/C15H14BrFN6OS/c1-9-19-4-5-23(9)6-7-25-15-13(21-24-22-15)14(18)20-10-2-3-12(17)11(16)8-10/h2-5,8H,6-7H2,1H3,(H2,18,20). The van der Waals surface area contributed by atoms with Crippen LogP contribution in [-0.4, -0.2) is 31.5 Å². The first-order valence-electron chi connectivity index (χ1n) is 7.28. The van der Waals surface area contributed by atoms with Gasteiger partial charge in [-0.25, -0.2) is 14.0 Å². The molecule has 0 saturated heterocycles. The number of rotatable bonds is 6. The van der Waals surface area contributed by atoms with Crippen molar-refractivity contribution >= 4 is 39.2 Å². The van der Waals surface area contributed by atoms with Crippen LogP contribution in [0.4, 0.5) is 10.1 Å². The van der Waals surface area contributed by atoms with Crippen molar-refractivity contribution in [3.63, 3.8) is 0 Å². The summed E-state index contributed by atoms with van der Waals surface area (Å²) in [5.41, 5.74) is 0.874. The molecule has 0 aliphatic rings. The lowest BCUT2D eigenvalue weighted by atomic mass is 10.3. The SMILES string of the molecule is Cc1nccn1CCSc1nonc1C(=N)Nc1ccc(F)c(Br)c1. The molecule has 0 amide bonds. The van der Waals surface area contributed by atoms with Gasteiger partial charge in [-0.2, -0.15) is 0 Å². The van der Waals surface area contributed by atoms with Gasteiger partial charge in [0.15, 0.2) is 16.6 Å². The summed E-state index contributed by atoms with van der Waals surface area (Å²) in [6, 6.07) is 4.40. The third-order valence-corrected chi connectivity index (χ3v) is 4.91. The molecule has 0 saturated carbocycles. The number of aryl methyl sites for hydroxylation is 2. The summed E-state index contributed by atoms with van der Waals surface area (Å²) in [5, 5.41) is 19.2. The molecule has 2 aromatic heterocycles. The minimum absolute atomic E-state index is 0.0288. The van der Waals surface area contributed by atoms with Crippen LogP contribution in [0.25, 0.3) is 0 Å². The highest BCUT2D eigenvalue weighted by Gasteiger charge is 2.16. The number of imidazole rings is 1. The molecule has 7 nitrogen and oxygen atoms in total. The molecule has 3 aromatic rings. The molecule has 0 aliphatic heterocycles. The lowest BCUT2D eigenvalue weighted by Crippen LogP contribution is -2.13. The zero-order valence-corrected chi connectivity index (χ0v) is 15.6. The van der Waals surface area contributed by atoms with Gasteiger partial charge in [-0.15, -0.1) is 0 Å². The molecule has 0 unspecified atom stereocenters. The zero-order valence-electron chi connectivity index (χ0n) is 13.2. The van der Waals surface area contributed by atoms with Gasteiger partial charge in [0.1, 0.15) is 11.6 Å². The molecule has 0 radical (unpaired) electrons. The number of amidine groups is 1. The molecular formula is C15H14BrFN6OS. The minimum atomic E-state index is -0.369. The van der Waals surface area contributed by atoms with Gasteiger partial charge in [-0.3, -0.25) is 5.41 Å². The van der Waals surface area contributed by atoms with E-state index in [2.05, 4.69) is 36.5 Å². The van der Waals surface area contributed by atoms with E-state index in [1.165, 1.54) is 23.9 Å². The summed E-state index contributed by atoms with van der Waals surface area (Å²) in [7, 11) is 0. The number of thioether (sulfide) groups is 1. The molecular weight excluding hydrogens is 411 g/mol. The quantitative estimate of drug-likeness (QED) is 0.356. The highest BCUT2D eigenvalue weighted by molar-refractivity contribution is 9.10. The lowest BCUT2D eigenvalue weighted by Gasteiger charge is -2.07. The third-order valence-electron chi connectivity index (χ3n) is 3.38. The maximum atomic E-state index is 13.3. The van der Waals surface area contributed by atoms with Crippen molar-refractivity contribution in [1.29, 1.82) is 5.41 Å². The number of nitrogens with one attached hydrogen (secondary N) is 2. The fourth-order valence-electron chi connectivity index (χ4n) is 2.09. The first kappa shape index (κ1) is 17.6. The predicted octanol–water partition coefficient (Wildman–Crippen LogP) is 3.71. The number of aromatic nitrogens is 4. The Morgan fingerprint density at radius 2 is 2.28 bits per heavy atom. The number of benzene rings is 1. The van der Waals surface area contributed by atoms with Gasteiger partial charge in [0.05, 0.1) is 4.47 Å². The van der Waals surface area contributed by atoms with Crippen molar-refractivity contribution in [2.24, 2.45) is 0 Å². The molecule has 0 fully saturated rings. The monoisotopic (exact) mass is 424 g/mol. The Hall–Kier alpha value is -2.20. The molecule has 1 aromatic carbocycles. The Balaban J connectivity index is 1.63. The van der Waals surface area contributed by atoms with Gasteiger partial charge < -0.3 is 9.88 Å². The van der Waals surface area contributed by atoms with E-state index in [1.54, 1.807) is 12.3 Å². The second kappa shape index (κ2) is 7.79. The normalized spacial score (nSPS) is 10.8. The molecule has 3 rings (SSSR count). The summed E-state index contributed by atoms with van der Waals surface area (Å²) in [6.45, 7) is 2.70. The average molecular weight is 425 g/mol. The average Bonchev–Trinajstić information content (AvgIpc) is 3.20. The number of hydrogen-bond donors (Lipinski definition) is 2. The van der Waals surface area contributed by atoms with Crippen LogP contribution in [0.15, 0.2) is 44.7 Å². The van der Waals surface area contributed by atoms with Crippen LogP contribution in [0, 0.1) is 18.2 Å². The summed E-state index contributed by atoms with van der Waals surface area (Å²) >= 11 is 4.55. The second-order valence-corrected chi connectivity index (χ2v) is 7.00. The van der Waals surface area contributed by atoms with Crippen molar-refractivity contribution in [2.45, 2.75) is 18.5 Å². The number of halogens is 2.